The molecule has 1 aliphatic rings. The Labute approximate surface area is 130 Å². The Hall–Kier alpha value is -1.69. The molecular weight excluding hydrogens is 278 g/mol. The van der Waals surface area contributed by atoms with Crippen LogP contribution in [0.1, 0.15) is 24.1 Å². The number of nitrogens with zero attached hydrogens (tertiary/aromatic N) is 2. The molecule has 5 nitrogen and oxygen atoms in total. The third kappa shape index (κ3) is 4.16. The zero-order valence-electron chi connectivity index (χ0n) is 12.7. The van der Waals surface area contributed by atoms with Gasteiger partial charge in [0.05, 0.1) is 5.60 Å². The first-order valence-electron chi connectivity index (χ1n) is 7.78. The summed E-state index contributed by atoms with van der Waals surface area (Å²) in [6.07, 6.45) is 3.15. The predicted octanol–water partition coefficient (Wildman–Crippen LogP) is 1.95. The van der Waals surface area contributed by atoms with E-state index in [-0.39, 0.29) is 0 Å². The molecule has 22 heavy (non-hydrogen) atoms. The summed E-state index contributed by atoms with van der Waals surface area (Å²) in [7, 11) is 0. The fourth-order valence-corrected chi connectivity index (χ4v) is 2.95. The van der Waals surface area contributed by atoms with Crippen molar-refractivity contribution >= 4 is 0 Å². The van der Waals surface area contributed by atoms with Crippen molar-refractivity contribution in [1.29, 1.82) is 0 Å². The van der Waals surface area contributed by atoms with Crippen LogP contribution in [-0.4, -0.2) is 45.6 Å². The lowest BCUT2D eigenvalue weighted by Crippen LogP contribution is -2.46. The summed E-state index contributed by atoms with van der Waals surface area (Å²) < 4.78 is 5.38. The lowest BCUT2D eigenvalue weighted by Gasteiger charge is -2.36. The van der Waals surface area contributed by atoms with Gasteiger partial charge in [-0.3, -0.25) is 10.00 Å². The predicted molar refractivity (Wildman–Crippen MR) is 84.1 cm³/mol. The van der Waals surface area contributed by atoms with Gasteiger partial charge in [0.25, 0.3) is 0 Å². The minimum atomic E-state index is -0.660. The highest BCUT2D eigenvalue weighted by molar-refractivity contribution is 5.15. The molecule has 0 aliphatic carbocycles. The first-order chi connectivity index (χ1) is 10.7. The molecule has 2 heterocycles. The van der Waals surface area contributed by atoms with E-state index in [0.29, 0.717) is 32.6 Å². The third-order valence-corrected chi connectivity index (χ3v) is 4.14. The Morgan fingerprint density at radius 2 is 1.91 bits per heavy atom. The molecule has 0 unspecified atom stereocenters. The second kappa shape index (κ2) is 7.05. The molecule has 1 aliphatic heterocycles. The topological polar surface area (TPSA) is 61.4 Å². The molecule has 1 fully saturated rings. The molecule has 118 valence electrons. The molecule has 0 amide bonds. The largest absolute Gasteiger partial charge is 0.388 e. The minimum Gasteiger partial charge on any atom is -0.388 e. The lowest BCUT2D eigenvalue weighted by atomic mass is 9.93. The number of aliphatic hydroxyl groups is 1. The van der Waals surface area contributed by atoms with E-state index in [2.05, 4.69) is 27.2 Å². The van der Waals surface area contributed by atoms with E-state index in [0.717, 1.165) is 18.8 Å². The van der Waals surface area contributed by atoms with Crippen molar-refractivity contribution in [3.63, 3.8) is 0 Å². The van der Waals surface area contributed by atoms with E-state index in [1.54, 1.807) is 6.20 Å². The van der Waals surface area contributed by atoms with Gasteiger partial charge in [0.1, 0.15) is 0 Å². The van der Waals surface area contributed by atoms with Crippen LogP contribution in [0.5, 0.6) is 0 Å². The van der Waals surface area contributed by atoms with Crippen LogP contribution < -0.4 is 0 Å². The second-order valence-corrected chi connectivity index (χ2v) is 6.05. The van der Waals surface area contributed by atoms with Crippen LogP contribution in [0.25, 0.3) is 0 Å². The van der Waals surface area contributed by atoms with Gasteiger partial charge in [0, 0.05) is 57.6 Å². The van der Waals surface area contributed by atoms with Crippen molar-refractivity contribution in [2.75, 3.05) is 19.8 Å². The Balaban J connectivity index is 1.70. The third-order valence-electron chi connectivity index (χ3n) is 4.14. The van der Waals surface area contributed by atoms with Gasteiger partial charge < -0.3 is 9.84 Å². The molecule has 0 atom stereocenters. The van der Waals surface area contributed by atoms with E-state index in [1.165, 1.54) is 5.56 Å². The van der Waals surface area contributed by atoms with Gasteiger partial charge in [-0.05, 0) is 11.6 Å². The zero-order chi connectivity index (χ0) is 15.3. The highest BCUT2D eigenvalue weighted by Crippen LogP contribution is 2.23. The Morgan fingerprint density at radius 3 is 2.59 bits per heavy atom. The van der Waals surface area contributed by atoms with Crippen molar-refractivity contribution in [3.8, 4) is 0 Å². The number of H-pyrrole nitrogens is 1. The van der Waals surface area contributed by atoms with E-state index < -0.39 is 5.60 Å². The summed E-state index contributed by atoms with van der Waals surface area (Å²) in [5.41, 5.74) is 1.65. The maximum absolute atomic E-state index is 10.8. The van der Waals surface area contributed by atoms with Crippen molar-refractivity contribution in [1.82, 2.24) is 15.1 Å². The van der Waals surface area contributed by atoms with Crippen molar-refractivity contribution in [2.45, 2.75) is 31.5 Å². The fourth-order valence-electron chi connectivity index (χ4n) is 2.95. The molecule has 3 rings (SSSR count). The van der Waals surface area contributed by atoms with E-state index >= 15 is 0 Å². The molecule has 0 radical (unpaired) electrons. The quantitative estimate of drug-likeness (QED) is 0.856. The van der Waals surface area contributed by atoms with Gasteiger partial charge >= 0.3 is 0 Å². The number of rotatable bonds is 6. The van der Waals surface area contributed by atoms with Crippen molar-refractivity contribution in [3.05, 3.63) is 53.9 Å². The molecule has 0 spiro atoms. The smallest absolute Gasteiger partial charge is 0.0818 e. The minimum absolute atomic E-state index is 0.639. The zero-order valence-corrected chi connectivity index (χ0v) is 12.7. The molecule has 1 aromatic heterocycles. The molecule has 2 N–H and O–H groups in total. The molecule has 1 saturated heterocycles. The van der Waals surface area contributed by atoms with E-state index in [4.69, 9.17) is 4.74 Å². The van der Waals surface area contributed by atoms with E-state index in [9.17, 15) is 5.11 Å². The lowest BCUT2D eigenvalue weighted by molar-refractivity contribution is -0.0822. The van der Waals surface area contributed by atoms with Crippen LogP contribution in [0.2, 0.25) is 0 Å². The first kappa shape index (κ1) is 15.2. The van der Waals surface area contributed by atoms with E-state index in [1.807, 2.05) is 24.3 Å². The van der Waals surface area contributed by atoms with Crippen LogP contribution >= 0.6 is 0 Å². The monoisotopic (exact) mass is 301 g/mol. The van der Waals surface area contributed by atoms with Gasteiger partial charge in [-0.2, -0.15) is 5.10 Å². The van der Waals surface area contributed by atoms with Crippen LogP contribution in [0.15, 0.2) is 42.6 Å². The highest BCUT2D eigenvalue weighted by atomic mass is 16.5. The van der Waals surface area contributed by atoms with Gasteiger partial charge in [0.15, 0.2) is 0 Å². The molecule has 0 bridgehead atoms. The molecular formula is C17H23N3O2. The summed E-state index contributed by atoms with van der Waals surface area (Å²) in [6, 6.07) is 12.3. The number of benzene rings is 1. The molecule has 5 heteroatoms. The summed E-state index contributed by atoms with van der Waals surface area (Å²) in [6.45, 7) is 3.48. The van der Waals surface area contributed by atoms with Crippen LogP contribution in [0.3, 0.4) is 0 Å². The number of hydrogen-bond acceptors (Lipinski definition) is 4. The Morgan fingerprint density at radius 1 is 1.14 bits per heavy atom. The number of nitrogens with one attached hydrogen (secondary N) is 1. The van der Waals surface area contributed by atoms with Crippen molar-refractivity contribution in [2.24, 2.45) is 0 Å². The van der Waals surface area contributed by atoms with Gasteiger partial charge in [0.2, 0.25) is 0 Å². The summed E-state index contributed by atoms with van der Waals surface area (Å²) in [4.78, 5) is 2.27. The standard InChI is InChI=1S/C17H23N3O2/c21-17(7-10-22-11-8-17)14-20(13-16-6-9-18-19-16)12-15-4-2-1-3-5-15/h1-6,9,21H,7-8,10-14H2,(H,18,19). The number of ether oxygens (including phenoxy) is 1. The Bertz CT molecular complexity index is 551. The van der Waals surface area contributed by atoms with Gasteiger partial charge in [-0.25, -0.2) is 0 Å². The maximum atomic E-state index is 10.8. The maximum Gasteiger partial charge on any atom is 0.0818 e. The van der Waals surface area contributed by atoms with Crippen LogP contribution in [0.4, 0.5) is 0 Å². The summed E-state index contributed by atoms with van der Waals surface area (Å²) in [5.74, 6) is 0. The highest BCUT2D eigenvalue weighted by Gasteiger charge is 2.32. The first-order valence-corrected chi connectivity index (χ1v) is 7.78. The van der Waals surface area contributed by atoms with Crippen molar-refractivity contribution < 1.29 is 9.84 Å². The average Bonchev–Trinajstić information content (AvgIpc) is 3.01. The normalized spacial score (nSPS) is 17.7. The molecule has 2 aromatic rings. The molecule has 0 saturated carbocycles. The van der Waals surface area contributed by atoms with Crippen LogP contribution in [0, 0.1) is 0 Å². The second-order valence-electron chi connectivity index (χ2n) is 6.05. The van der Waals surface area contributed by atoms with Crippen LogP contribution in [-0.2, 0) is 17.8 Å². The summed E-state index contributed by atoms with van der Waals surface area (Å²) in [5, 5.41) is 17.8. The molecule has 1 aromatic carbocycles. The number of hydrogen-bond donors (Lipinski definition) is 2. The fraction of sp³-hybridized carbons (Fsp3) is 0.471. The average molecular weight is 301 g/mol. The number of aromatic nitrogens is 2. The SMILES string of the molecule is OC1(CN(Cc2ccccc2)Cc2ccn[nH]2)CCOCC1. The Kier molecular flexibility index (Phi) is 4.87. The number of aromatic amines is 1. The summed E-state index contributed by atoms with van der Waals surface area (Å²) >= 11 is 0. The van der Waals surface area contributed by atoms with Gasteiger partial charge in [-0.15, -0.1) is 0 Å². The van der Waals surface area contributed by atoms with Gasteiger partial charge in [-0.1, -0.05) is 30.3 Å².